The first-order valence-corrected chi connectivity index (χ1v) is 8.89. The van der Waals surface area contributed by atoms with E-state index in [2.05, 4.69) is 10.1 Å². The molecule has 0 aromatic carbocycles. The number of ketones is 1. The Bertz CT molecular complexity index is 926. The molecule has 2 aromatic rings. The number of imidazole rings is 1. The van der Waals surface area contributed by atoms with Crippen LogP contribution >= 0.6 is 0 Å². The van der Waals surface area contributed by atoms with Crippen LogP contribution in [0.3, 0.4) is 0 Å². The van der Waals surface area contributed by atoms with Gasteiger partial charge < -0.3 is 15.2 Å². The van der Waals surface area contributed by atoms with E-state index in [9.17, 15) is 14.4 Å². The predicted octanol–water partition coefficient (Wildman–Crippen LogP) is 0.991. The van der Waals surface area contributed by atoms with E-state index < -0.39 is 5.91 Å². The fourth-order valence-electron chi connectivity index (χ4n) is 3.74. The van der Waals surface area contributed by atoms with Gasteiger partial charge in [0.1, 0.15) is 11.5 Å². The van der Waals surface area contributed by atoms with Crippen molar-refractivity contribution >= 4 is 17.6 Å². The molecule has 1 aliphatic heterocycles. The average Bonchev–Trinajstić information content (AvgIpc) is 3.14. The molecule has 2 amide bonds. The van der Waals surface area contributed by atoms with Crippen molar-refractivity contribution in [2.45, 2.75) is 53.2 Å². The lowest BCUT2D eigenvalue weighted by molar-refractivity contribution is -0.133. The van der Waals surface area contributed by atoms with Crippen LogP contribution in [0.15, 0.2) is 6.20 Å². The summed E-state index contributed by atoms with van der Waals surface area (Å²) in [5, 5.41) is 4.45. The number of aryl methyl sites for hydroxylation is 1. The second-order valence-electron chi connectivity index (χ2n) is 6.99. The first kappa shape index (κ1) is 18.8. The van der Waals surface area contributed by atoms with Crippen LogP contribution in [0.2, 0.25) is 0 Å². The molecule has 3 heterocycles. The van der Waals surface area contributed by atoms with Gasteiger partial charge in [0.05, 0.1) is 30.0 Å². The van der Waals surface area contributed by atoms with E-state index in [1.807, 2.05) is 13.8 Å². The summed E-state index contributed by atoms with van der Waals surface area (Å²) in [5.41, 5.74) is 7.78. The lowest BCUT2D eigenvalue weighted by Crippen LogP contribution is -2.40. The molecular formula is C18H24N6O3. The number of carbonyl (C=O) groups excluding carboxylic acids is 3. The van der Waals surface area contributed by atoms with Gasteiger partial charge in [-0.15, -0.1) is 0 Å². The Balaban J connectivity index is 1.72. The number of fused-ring (bicyclic) bond motifs is 1. The van der Waals surface area contributed by atoms with Crippen LogP contribution < -0.4 is 5.73 Å². The fraction of sp³-hybridized carbons (Fsp3) is 0.500. The molecule has 1 atom stereocenters. The van der Waals surface area contributed by atoms with Crippen molar-refractivity contribution in [2.24, 2.45) is 5.73 Å². The number of Topliss-reactive ketones (excluding diaryl/α,β-unsaturated/α-hetero) is 1. The summed E-state index contributed by atoms with van der Waals surface area (Å²) < 4.78 is 3.51. The van der Waals surface area contributed by atoms with Gasteiger partial charge in [-0.05, 0) is 27.7 Å². The molecule has 0 bridgehead atoms. The van der Waals surface area contributed by atoms with E-state index in [1.54, 1.807) is 21.1 Å². The van der Waals surface area contributed by atoms with Crippen LogP contribution in [0.1, 0.15) is 64.4 Å². The third kappa shape index (κ3) is 3.36. The van der Waals surface area contributed by atoms with Crippen molar-refractivity contribution < 1.29 is 14.4 Å². The van der Waals surface area contributed by atoms with E-state index in [0.717, 1.165) is 5.69 Å². The third-order valence-corrected chi connectivity index (χ3v) is 5.03. The van der Waals surface area contributed by atoms with Gasteiger partial charge in [-0.25, -0.2) is 4.98 Å². The monoisotopic (exact) mass is 372 g/mol. The molecule has 9 heteroatoms. The minimum Gasteiger partial charge on any atom is -0.364 e. The molecule has 9 nitrogen and oxygen atoms in total. The number of nitrogens with zero attached hydrogens (tertiary/aromatic N) is 5. The largest absolute Gasteiger partial charge is 0.364 e. The Morgan fingerprint density at radius 3 is 2.56 bits per heavy atom. The maximum Gasteiger partial charge on any atom is 0.266 e. The molecule has 27 heavy (non-hydrogen) atoms. The van der Waals surface area contributed by atoms with Crippen LogP contribution in [0.4, 0.5) is 0 Å². The van der Waals surface area contributed by atoms with E-state index in [-0.39, 0.29) is 24.2 Å². The van der Waals surface area contributed by atoms with Gasteiger partial charge >= 0.3 is 0 Å². The molecule has 1 aliphatic rings. The Morgan fingerprint density at radius 1 is 1.26 bits per heavy atom. The van der Waals surface area contributed by atoms with Crippen LogP contribution in [0, 0.1) is 13.8 Å². The normalized spacial score (nSPS) is 14.7. The Morgan fingerprint density at radius 2 is 1.96 bits per heavy atom. The molecular weight excluding hydrogens is 348 g/mol. The predicted molar refractivity (Wildman–Crippen MR) is 97.2 cm³/mol. The fourth-order valence-corrected chi connectivity index (χ4v) is 3.74. The van der Waals surface area contributed by atoms with Crippen molar-refractivity contribution in [3.63, 3.8) is 0 Å². The first-order chi connectivity index (χ1) is 12.7. The topological polar surface area (TPSA) is 116 Å². The van der Waals surface area contributed by atoms with Gasteiger partial charge in [-0.1, -0.05) is 0 Å². The Hall–Kier alpha value is -2.97. The summed E-state index contributed by atoms with van der Waals surface area (Å²) >= 11 is 0. The highest BCUT2D eigenvalue weighted by molar-refractivity contribution is 5.96. The highest BCUT2D eigenvalue weighted by atomic mass is 16.2. The molecule has 0 spiro atoms. The van der Waals surface area contributed by atoms with Crippen molar-refractivity contribution in [1.82, 2.24) is 24.2 Å². The molecule has 3 rings (SSSR count). The second-order valence-corrected chi connectivity index (χ2v) is 6.99. The van der Waals surface area contributed by atoms with E-state index >= 15 is 0 Å². The van der Waals surface area contributed by atoms with Gasteiger partial charge in [0.15, 0.2) is 5.78 Å². The molecule has 144 valence electrons. The van der Waals surface area contributed by atoms with Gasteiger partial charge in [-0.3, -0.25) is 19.1 Å². The quantitative estimate of drug-likeness (QED) is 0.786. The average molecular weight is 372 g/mol. The molecule has 0 saturated heterocycles. The highest BCUT2D eigenvalue weighted by Crippen LogP contribution is 2.22. The van der Waals surface area contributed by atoms with E-state index in [0.29, 0.717) is 42.4 Å². The van der Waals surface area contributed by atoms with Crippen LogP contribution in [-0.4, -0.2) is 48.4 Å². The number of hydrogen-bond donors (Lipinski definition) is 1. The molecule has 2 aromatic heterocycles. The molecule has 2 N–H and O–H groups in total. The zero-order valence-corrected chi connectivity index (χ0v) is 16.0. The molecule has 0 saturated carbocycles. The van der Waals surface area contributed by atoms with Crippen LogP contribution in [-0.2, 0) is 17.9 Å². The van der Waals surface area contributed by atoms with Crippen molar-refractivity contribution in [2.75, 3.05) is 6.54 Å². The standard InChI is InChI=1S/C18H24N6O3/c1-10(24-12(3)17(13(4)25)11(2)21-24)7-16(26)22-5-6-23-14(18(19)27)8-20-15(23)9-22/h8,10H,5-7,9H2,1-4H3,(H2,19,27). The lowest BCUT2D eigenvalue weighted by Gasteiger charge is -2.29. The van der Waals surface area contributed by atoms with Crippen molar-refractivity contribution in [3.05, 3.63) is 34.7 Å². The number of hydrogen-bond acceptors (Lipinski definition) is 5. The highest BCUT2D eigenvalue weighted by Gasteiger charge is 2.27. The molecule has 0 fully saturated rings. The van der Waals surface area contributed by atoms with E-state index in [4.69, 9.17) is 5.73 Å². The first-order valence-electron chi connectivity index (χ1n) is 8.89. The second kappa shape index (κ2) is 6.98. The summed E-state index contributed by atoms with van der Waals surface area (Å²) in [4.78, 5) is 41.9. The lowest BCUT2D eigenvalue weighted by atomic mass is 10.1. The number of carbonyl (C=O) groups is 3. The minimum absolute atomic E-state index is 0.0192. The Kier molecular flexibility index (Phi) is 4.86. The maximum absolute atomic E-state index is 12.8. The van der Waals surface area contributed by atoms with E-state index in [1.165, 1.54) is 13.1 Å². The Labute approximate surface area is 157 Å². The third-order valence-electron chi connectivity index (χ3n) is 5.03. The molecule has 0 radical (unpaired) electrons. The summed E-state index contributed by atoms with van der Waals surface area (Å²) in [7, 11) is 0. The van der Waals surface area contributed by atoms with Gasteiger partial charge in [0.2, 0.25) is 5.91 Å². The van der Waals surface area contributed by atoms with Crippen molar-refractivity contribution in [3.8, 4) is 0 Å². The van der Waals surface area contributed by atoms with Crippen LogP contribution in [0.25, 0.3) is 0 Å². The SMILES string of the molecule is CC(=O)c1c(C)nn(C(C)CC(=O)N2CCn3c(C(N)=O)cnc3C2)c1C. The smallest absolute Gasteiger partial charge is 0.266 e. The number of amides is 2. The zero-order valence-electron chi connectivity index (χ0n) is 16.0. The molecule has 0 aliphatic carbocycles. The van der Waals surface area contributed by atoms with Gasteiger partial charge in [0, 0.05) is 25.2 Å². The zero-order chi connectivity index (χ0) is 19.9. The number of primary amides is 1. The molecule has 1 unspecified atom stereocenters. The van der Waals surface area contributed by atoms with Crippen LogP contribution in [0.5, 0.6) is 0 Å². The summed E-state index contributed by atoms with van der Waals surface area (Å²) in [6.07, 6.45) is 1.72. The number of aromatic nitrogens is 4. The minimum atomic E-state index is -0.520. The summed E-state index contributed by atoms with van der Waals surface area (Å²) in [6, 6.07) is -0.174. The number of nitrogens with two attached hydrogens (primary N) is 1. The maximum atomic E-state index is 12.8. The van der Waals surface area contributed by atoms with Gasteiger partial charge in [0.25, 0.3) is 5.91 Å². The number of rotatable bonds is 5. The summed E-state index contributed by atoms with van der Waals surface area (Å²) in [5.74, 6) is 0.0891. The van der Waals surface area contributed by atoms with Gasteiger partial charge in [-0.2, -0.15) is 5.10 Å². The van der Waals surface area contributed by atoms with Crippen molar-refractivity contribution in [1.29, 1.82) is 0 Å². The summed E-state index contributed by atoms with van der Waals surface area (Å²) in [6.45, 7) is 8.41.